The maximum atomic E-state index is 3.10. The summed E-state index contributed by atoms with van der Waals surface area (Å²) in [5.41, 5.74) is 0. The molecule has 0 amide bonds. The van der Waals surface area contributed by atoms with Crippen LogP contribution < -0.4 is 0 Å². The summed E-state index contributed by atoms with van der Waals surface area (Å²) in [5.74, 6) is 0. The normalized spacial score (nSPS) is 11.7. The average molecular weight is 212 g/mol. The van der Waals surface area contributed by atoms with Crippen LogP contribution in [0.15, 0.2) is 22.1 Å². The molecule has 0 atom stereocenters. The maximum absolute atomic E-state index is 3.10. The molecule has 0 saturated heterocycles. The highest BCUT2D eigenvalue weighted by Crippen LogP contribution is 1.86. The fourth-order valence-corrected chi connectivity index (χ4v) is 0.436. The molecule has 0 fully saturated rings. The van der Waals surface area contributed by atoms with Gasteiger partial charge in [-0.15, -0.1) is 0 Å². The molecule has 0 rings (SSSR count). The van der Waals surface area contributed by atoms with Crippen molar-refractivity contribution >= 4 is 31.9 Å². The molecule has 0 nitrogen and oxygen atoms in total. The van der Waals surface area contributed by atoms with Crippen LogP contribution in [0.2, 0.25) is 0 Å². The topological polar surface area (TPSA) is 0 Å². The van der Waals surface area contributed by atoms with Crippen LogP contribution in [0, 0.1) is 0 Å². The van der Waals surface area contributed by atoms with Gasteiger partial charge in [0.1, 0.15) is 0 Å². The zero-order valence-corrected chi connectivity index (χ0v) is 6.24. The van der Waals surface area contributed by atoms with Crippen molar-refractivity contribution in [2.75, 3.05) is 0 Å². The number of hydrogen-bond donors (Lipinski definition) is 0. The molecule has 6 heavy (non-hydrogen) atoms. The van der Waals surface area contributed by atoms with Gasteiger partial charge >= 0.3 is 0 Å². The highest BCUT2D eigenvalue weighted by molar-refractivity contribution is 9.11. The molecule has 0 spiro atoms. The van der Waals surface area contributed by atoms with E-state index in [9.17, 15) is 0 Å². The van der Waals surface area contributed by atoms with Gasteiger partial charge in [0.25, 0.3) is 0 Å². The zero-order chi connectivity index (χ0) is 4.83. The second-order valence-corrected chi connectivity index (χ2v) is 1.69. The molecule has 0 bridgehead atoms. The minimum Gasteiger partial charge on any atom is -0.0595 e. The Balaban J connectivity index is 3.07. The van der Waals surface area contributed by atoms with Crippen LogP contribution >= 0.6 is 31.9 Å². The predicted octanol–water partition coefficient (Wildman–Crippen LogP) is 2.80. The van der Waals surface area contributed by atoms with E-state index in [0.29, 0.717) is 0 Å². The number of hydrogen-bond acceptors (Lipinski definition) is 0. The second-order valence-electron chi connectivity index (χ2n) is 0.637. The van der Waals surface area contributed by atoms with Crippen LogP contribution in [-0.4, -0.2) is 0 Å². The zero-order valence-electron chi connectivity index (χ0n) is 3.07. The standard InChI is InChI=1S/C4H4Br2/c5-3-1-2-4-6/h1-4H/b3-1+,4-2?. The number of rotatable bonds is 1. The largest absolute Gasteiger partial charge is 0.0595 e. The Morgan fingerprint density at radius 1 is 0.833 bits per heavy atom. The second kappa shape index (κ2) is 5.44. The highest BCUT2D eigenvalue weighted by Gasteiger charge is 1.51. The third kappa shape index (κ3) is 4.44. The van der Waals surface area contributed by atoms with Crippen LogP contribution in [0.25, 0.3) is 0 Å². The van der Waals surface area contributed by atoms with Gasteiger partial charge in [-0.25, -0.2) is 0 Å². The first-order chi connectivity index (χ1) is 2.91. The summed E-state index contributed by atoms with van der Waals surface area (Å²) in [4.78, 5) is 3.56. The van der Waals surface area contributed by atoms with Crippen molar-refractivity contribution in [3.05, 3.63) is 22.1 Å². The van der Waals surface area contributed by atoms with Gasteiger partial charge in [-0.1, -0.05) is 44.0 Å². The lowest BCUT2D eigenvalue weighted by Crippen LogP contribution is -1.33. The van der Waals surface area contributed by atoms with Crippen molar-refractivity contribution < 1.29 is 0 Å². The summed E-state index contributed by atoms with van der Waals surface area (Å²) < 4.78 is 0. The van der Waals surface area contributed by atoms with Crippen molar-refractivity contribution in [1.29, 1.82) is 0 Å². The van der Waals surface area contributed by atoms with Gasteiger partial charge in [-0.3, -0.25) is 0 Å². The molecular formula is C4H4Br2. The first-order valence-corrected chi connectivity index (χ1v) is 3.27. The summed E-state index contributed by atoms with van der Waals surface area (Å²) in [6.45, 7) is 0. The van der Waals surface area contributed by atoms with E-state index in [1.165, 1.54) is 0 Å². The van der Waals surface area contributed by atoms with E-state index < -0.39 is 0 Å². The molecule has 0 unspecified atom stereocenters. The van der Waals surface area contributed by atoms with Crippen LogP contribution in [0.3, 0.4) is 0 Å². The lowest BCUT2D eigenvalue weighted by Gasteiger charge is -1.59. The van der Waals surface area contributed by atoms with Gasteiger partial charge in [0, 0.05) is 0 Å². The Labute approximate surface area is 54.2 Å². The Kier molecular flexibility index (Phi) is 5.84. The molecule has 0 radical (unpaired) electrons. The van der Waals surface area contributed by atoms with Crippen molar-refractivity contribution in [3.8, 4) is 0 Å². The van der Waals surface area contributed by atoms with Crippen molar-refractivity contribution in [1.82, 2.24) is 0 Å². The molecule has 0 aromatic carbocycles. The predicted molar refractivity (Wildman–Crippen MR) is 36.1 cm³/mol. The van der Waals surface area contributed by atoms with Gasteiger partial charge in [0.15, 0.2) is 0 Å². The minimum atomic E-state index is 1.78. The van der Waals surface area contributed by atoms with E-state index in [1.54, 1.807) is 9.97 Å². The molecule has 2 heteroatoms. The van der Waals surface area contributed by atoms with Crippen LogP contribution in [0.1, 0.15) is 0 Å². The van der Waals surface area contributed by atoms with Crippen LogP contribution in [-0.2, 0) is 0 Å². The summed E-state index contributed by atoms with van der Waals surface area (Å²) in [6, 6.07) is 0. The van der Waals surface area contributed by atoms with E-state index in [2.05, 4.69) is 31.9 Å². The van der Waals surface area contributed by atoms with Gasteiger partial charge in [-0.05, 0) is 9.97 Å². The van der Waals surface area contributed by atoms with Gasteiger partial charge in [-0.2, -0.15) is 0 Å². The third-order valence-electron chi connectivity index (χ3n) is 0.257. The molecule has 0 aliphatic rings. The number of halogens is 2. The van der Waals surface area contributed by atoms with Crippen LogP contribution in [0.5, 0.6) is 0 Å². The molecule has 0 heterocycles. The van der Waals surface area contributed by atoms with E-state index in [-0.39, 0.29) is 0 Å². The van der Waals surface area contributed by atoms with Gasteiger partial charge in [0.05, 0.1) is 0 Å². The molecule has 0 aromatic rings. The fraction of sp³-hybridized carbons (Fsp3) is 0. The van der Waals surface area contributed by atoms with Gasteiger partial charge in [0.2, 0.25) is 0 Å². The first kappa shape index (κ1) is 6.44. The van der Waals surface area contributed by atoms with E-state index in [1.807, 2.05) is 12.2 Å². The lowest BCUT2D eigenvalue weighted by molar-refractivity contribution is 2.11. The van der Waals surface area contributed by atoms with Crippen LogP contribution in [0.4, 0.5) is 0 Å². The van der Waals surface area contributed by atoms with E-state index >= 15 is 0 Å². The Morgan fingerprint density at radius 3 is 1.33 bits per heavy atom. The first-order valence-electron chi connectivity index (χ1n) is 1.44. The lowest BCUT2D eigenvalue weighted by atomic mass is 10.6. The Morgan fingerprint density at radius 2 is 1.17 bits per heavy atom. The molecular weight excluding hydrogens is 208 g/mol. The molecule has 34 valence electrons. The monoisotopic (exact) mass is 210 g/mol. The molecule has 0 saturated carbocycles. The van der Waals surface area contributed by atoms with Crippen molar-refractivity contribution in [2.45, 2.75) is 0 Å². The summed E-state index contributed by atoms with van der Waals surface area (Å²) in [7, 11) is 0. The quantitative estimate of drug-likeness (QED) is 0.586. The highest BCUT2D eigenvalue weighted by atomic mass is 79.9. The van der Waals surface area contributed by atoms with Crippen molar-refractivity contribution in [2.24, 2.45) is 0 Å². The smallest absolute Gasteiger partial charge is 0.0189 e. The van der Waals surface area contributed by atoms with Crippen molar-refractivity contribution in [3.63, 3.8) is 0 Å². The summed E-state index contributed by atoms with van der Waals surface area (Å²) in [5, 5.41) is 0. The third-order valence-corrected chi connectivity index (χ3v) is 0.867. The minimum absolute atomic E-state index is 1.78. The molecule has 0 aromatic heterocycles. The Hall–Kier alpha value is 0.440. The maximum Gasteiger partial charge on any atom is -0.0189 e. The fourth-order valence-electron chi connectivity index (χ4n) is 0.0840. The van der Waals surface area contributed by atoms with E-state index in [0.717, 1.165) is 0 Å². The Bertz CT molecular complexity index is 53.9. The molecule has 0 aliphatic heterocycles. The average Bonchev–Trinajstić information content (AvgIpc) is 1.61. The summed E-state index contributed by atoms with van der Waals surface area (Å²) in [6.07, 6.45) is 3.74. The van der Waals surface area contributed by atoms with Gasteiger partial charge < -0.3 is 0 Å². The molecule has 0 N–H and O–H groups in total. The number of allylic oxidation sites excluding steroid dienone is 2. The van der Waals surface area contributed by atoms with E-state index in [4.69, 9.17) is 0 Å². The summed E-state index contributed by atoms with van der Waals surface area (Å²) >= 11 is 6.20. The SMILES string of the molecule is BrC=C/C=C/Br. The molecule has 0 aliphatic carbocycles.